The second-order valence-corrected chi connectivity index (χ2v) is 8.75. The van der Waals surface area contributed by atoms with Gasteiger partial charge < -0.3 is 10.0 Å². The van der Waals surface area contributed by atoms with Crippen LogP contribution in [0.15, 0.2) is 60.7 Å². The number of rotatable bonds is 5. The van der Waals surface area contributed by atoms with Gasteiger partial charge in [-0.1, -0.05) is 53.5 Å². The summed E-state index contributed by atoms with van der Waals surface area (Å²) in [5.74, 6) is -0.884. The van der Waals surface area contributed by atoms with Crippen molar-refractivity contribution in [3.05, 3.63) is 86.0 Å². The van der Waals surface area contributed by atoms with Gasteiger partial charge in [0.15, 0.2) is 11.4 Å². The molecule has 1 aliphatic rings. The summed E-state index contributed by atoms with van der Waals surface area (Å²) >= 11 is 13.2. The molecule has 28 heavy (non-hydrogen) atoms. The van der Waals surface area contributed by atoms with Gasteiger partial charge in [0.2, 0.25) is 0 Å². The third kappa shape index (κ3) is 3.35. The molecule has 1 atom stereocenters. The second-order valence-electron chi connectivity index (χ2n) is 6.60. The van der Waals surface area contributed by atoms with Gasteiger partial charge in [-0.2, -0.15) is 0 Å². The molecule has 4 nitrogen and oxygen atoms in total. The SMILES string of the molecule is O=C(C[C@@]1(O)C(=O)N(Cc2ccccc2)c2ccc(Cl)cc21)c1ccc(Cl)s1. The summed E-state index contributed by atoms with van der Waals surface area (Å²) in [5.41, 5.74) is -0.158. The molecule has 4 rings (SSSR count). The number of Topliss-reactive ketones (excluding diaryl/α,β-unsaturated/α-hetero) is 1. The fourth-order valence-corrected chi connectivity index (χ4v) is 4.55. The normalized spacial score (nSPS) is 18.4. The highest BCUT2D eigenvalue weighted by molar-refractivity contribution is 7.18. The number of thiophene rings is 1. The molecule has 0 bridgehead atoms. The topological polar surface area (TPSA) is 57.6 Å². The van der Waals surface area contributed by atoms with E-state index in [2.05, 4.69) is 0 Å². The van der Waals surface area contributed by atoms with Crippen LogP contribution < -0.4 is 4.90 Å². The van der Waals surface area contributed by atoms with E-state index in [-0.39, 0.29) is 18.7 Å². The van der Waals surface area contributed by atoms with E-state index >= 15 is 0 Å². The summed E-state index contributed by atoms with van der Waals surface area (Å²) in [6.45, 7) is 0.287. The van der Waals surface area contributed by atoms with E-state index in [9.17, 15) is 14.7 Å². The number of nitrogens with zero attached hydrogens (tertiary/aromatic N) is 1. The van der Waals surface area contributed by atoms with Gasteiger partial charge in [-0.3, -0.25) is 9.59 Å². The Morgan fingerprint density at radius 1 is 1.07 bits per heavy atom. The zero-order valence-corrected chi connectivity index (χ0v) is 16.9. The summed E-state index contributed by atoms with van der Waals surface area (Å²) < 4.78 is 0.474. The molecule has 3 aromatic rings. The number of benzene rings is 2. The number of ketones is 1. The lowest BCUT2D eigenvalue weighted by molar-refractivity contribution is -0.136. The van der Waals surface area contributed by atoms with Crippen molar-refractivity contribution in [3.63, 3.8) is 0 Å². The van der Waals surface area contributed by atoms with Crippen LogP contribution in [-0.4, -0.2) is 16.8 Å². The van der Waals surface area contributed by atoms with Crippen molar-refractivity contribution in [1.29, 1.82) is 0 Å². The minimum absolute atomic E-state index is 0.287. The van der Waals surface area contributed by atoms with Crippen LogP contribution in [0.4, 0.5) is 5.69 Å². The highest BCUT2D eigenvalue weighted by Crippen LogP contribution is 2.45. The van der Waals surface area contributed by atoms with Gasteiger partial charge in [0.1, 0.15) is 0 Å². The first-order valence-electron chi connectivity index (χ1n) is 8.55. The molecule has 1 aliphatic heterocycles. The Morgan fingerprint density at radius 2 is 1.82 bits per heavy atom. The van der Waals surface area contributed by atoms with Gasteiger partial charge in [-0.25, -0.2) is 0 Å². The van der Waals surface area contributed by atoms with Crippen LogP contribution >= 0.6 is 34.5 Å². The van der Waals surface area contributed by atoms with Gasteiger partial charge >= 0.3 is 0 Å². The van der Waals surface area contributed by atoms with Crippen molar-refractivity contribution in [2.24, 2.45) is 0 Å². The lowest BCUT2D eigenvalue weighted by Crippen LogP contribution is -2.41. The summed E-state index contributed by atoms with van der Waals surface area (Å²) in [6.07, 6.45) is -0.374. The highest BCUT2D eigenvalue weighted by Gasteiger charge is 2.51. The van der Waals surface area contributed by atoms with Crippen molar-refractivity contribution in [1.82, 2.24) is 0 Å². The van der Waals surface area contributed by atoms with E-state index in [1.54, 1.807) is 30.3 Å². The van der Waals surface area contributed by atoms with Crippen molar-refractivity contribution < 1.29 is 14.7 Å². The van der Waals surface area contributed by atoms with Crippen molar-refractivity contribution in [2.45, 2.75) is 18.6 Å². The highest BCUT2D eigenvalue weighted by atomic mass is 35.5. The smallest absolute Gasteiger partial charge is 0.264 e. The molecule has 2 heterocycles. The van der Waals surface area contributed by atoms with Gasteiger partial charge in [-0.05, 0) is 35.9 Å². The number of anilines is 1. The van der Waals surface area contributed by atoms with E-state index in [1.165, 1.54) is 4.90 Å². The van der Waals surface area contributed by atoms with Crippen molar-refractivity contribution in [3.8, 4) is 0 Å². The van der Waals surface area contributed by atoms with Crippen LogP contribution in [-0.2, 0) is 16.9 Å². The van der Waals surface area contributed by atoms with E-state index in [4.69, 9.17) is 23.2 Å². The zero-order chi connectivity index (χ0) is 19.9. The molecule has 0 saturated heterocycles. The fourth-order valence-electron chi connectivity index (χ4n) is 3.40. The van der Waals surface area contributed by atoms with E-state index in [0.29, 0.717) is 25.5 Å². The lowest BCUT2D eigenvalue weighted by atomic mass is 9.89. The molecular formula is C21H15Cl2NO3S. The van der Waals surface area contributed by atoms with Crippen LogP contribution in [0.1, 0.15) is 27.2 Å². The van der Waals surface area contributed by atoms with Crippen LogP contribution in [0, 0.1) is 0 Å². The molecule has 0 aliphatic carbocycles. The molecule has 7 heteroatoms. The molecule has 1 amide bonds. The largest absolute Gasteiger partial charge is 0.375 e. The standard InChI is InChI=1S/C21H15Cl2NO3S/c22-14-6-7-16-15(10-14)21(27,11-17(25)18-8-9-19(23)28-18)20(26)24(16)12-13-4-2-1-3-5-13/h1-10,27H,11-12H2/t21-/m0/s1. The Labute approximate surface area is 175 Å². The van der Waals surface area contributed by atoms with Crippen LogP contribution in [0.2, 0.25) is 9.36 Å². The number of aliphatic hydroxyl groups is 1. The molecular weight excluding hydrogens is 417 g/mol. The van der Waals surface area contributed by atoms with Gasteiger partial charge in [0.05, 0.1) is 27.9 Å². The number of hydrogen-bond acceptors (Lipinski definition) is 4. The molecule has 1 N–H and O–H groups in total. The molecule has 2 aromatic carbocycles. The molecule has 0 fully saturated rings. The van der Waals surface area contributed by atoms with E-state index < -0.39 is 11.5 Å². The first-order chi connectivity index (χ1) is 13.4. The molecule has 0 spiro atoms. The molecule has 0 unspecified atom stereocenters. The Kier molecular flexibility index (Phi) is 5.02. The summed E-state index contributed by atoms with van der Waals surface area (Å²) in [4.78, 5) is 27.8. The Hall–Kier alpha value is -2.18. The van der Waals surface area contributed by atoms with Crippen molar-refractivity contribution in [2.75, 3.05) is 4.90 Å². The lowest BCUT2D eigenvalue weighted by Gasteiger charge is -2.22. The molecule has 142 valence electrons. The van der Waals surface area contributed by atoms with Gasteiger partial charge in [0, 0.05) is 10.6 Å². The second kappa shape index (κ2) is 7.33. The predicted molar refractivity (Wildman–Crippen MR) is 111 cm³/mol. The number of amides is 1. The number of carbonyl (C=O) groups is 2. The molecule has 1 aromatic heterocycles. The number of carbonyl (C=O) groups excluding carboxylic acids is 2. The minimum Gasteiger partial charge on any atom is -0.375 e. The molecule has 0 radical (unpaired) electrons. The van der Waals surface area contributed by atoms with Crippen LogP contribution in [0.3, 0.4) is 0 Å². The first-order valence-corrected chi connectivity index (χ1v) is 10.1. The average Bonchev–Trinajstić information content (AvgIpc) is 3.19. The fraction of sp³-hybridized carbons (Fsp3) is 0.143. The van der Waals surface area contributed by atoms with Crippen molar-refractivity contribution >= 4 is 51.9 Å². The Morgan fingerprint density at radius 3 is 2.50 bits per heavy atom. The molecule has 0 saturated carbocycles. The predicted octanol–water partition coefficient (Wildman–Crippen LogP) is 5.06. The number of halogens is 2. The van der Waals surface area contributed by atoms with Crippen LogP contribution in [0.5, 0.6) is 0 Å². The summed E-state index contributed by atoms with van der Waals surface area (Å²) in [5, 5.41) is 11.7. The van der Waals surface area contributed by atoms with Crippen LogP contribution in [0.25, 0.3) is 0 Å². The maximum atomic E-state index is 13.2. The monoisotopic (exact) mass is 431 g/mol. The minimum atomic E-state index is -1.97. The number of hydrogen-bond donors (Lipinski definition) is 1. The maximum absolute atomic E-state index is 13.2. The maximum Gasteiger partial charge on any atom is 0.264 e. The van der Waals surface area contributed by atoms with Gasteiger partial charge in [-0.15, -0.1) is 11.3 Å². The summed E-state index contributed by atoms with van der Waals surface area (Å²) in [6, 6.07) is 17.6. The number of fused-ring (bicyclic) bond motifs is 1. The third-order valence-electron chi connectivity index (χ3n) is 4.74. The Bertz CT molecular complexity index is 1070. The Balaban J connectivity index is 1.72. The first kappa shape index (κ1) is 19.2. The van der Waals surface area contributed by atoms with E-state index in [1.807, 2.05) is 30.3 Å². The van der Waals surface area contributed by atoms with Gasteiger partial charge in [0.25, 0.3) is 5.91 Å². The quantitative estimate of drug-likeness (QED) is 0.574. The zero-order valence-electron chi connectivity index (χ0n) is 14.6. The third-order valence-corrected chi connectivity index (χ3v) is 6.25. The van der Waals surface area contributed by atoms with E-state index in [0.717, 1.165) is 16.9 Å². The average molecular weight is 432 g/mol. The summed E-state index contributed by atoms with van der Waals surface area (Å²) in [7, 11) is 0.